The van der Waals surface area contributed by atoms with E-state index in [1.807, 2.05) is 84.9 Å². The van der Waals surface area contributed by atoms with E-state index in [9.17, 15) is 19.5 Å². The fourth-order valence-electron chi connectivity index (χ4n) is 5.42. The van der Waals surface area contributed by atoms with Crippen LogP contribution in [0.2, 0.25) is 0 Å². The van der Waals surface area contributed by atoms with Crippen molar-refractivity contribution in [1.29, 1.82) is 0 Å². The van der Waals surface area contributed by atoms with Gasteiger partial charge < -0.3 is 19.6 Å². The zero-order valence-corrected chi connectivity index (χ0v) is 21.6. The number of urea groups is 1. The minimum atomic E-state index is -1.20. The van der Waals surface area contributed by atoms with E-state index in [1.54, 1.807) is 29.2 Å². The van der Waals surface area contributed by atoms with E-state index in [2.05, 4.69) is 0 Å². The summed E-state index contributed by atoms with van der Waals surface area (Å²) in [4.78, 5) is 45.1. The van der Waals surface area contributed by atoms with E-state index in [-0.39, 0.29) is 31.6 Å². The van der Waals surface area contributed by atoms with Crippen LogP contribution in [0.15, 0.2) is 109 Å². The molecule has 2 heterocycles. The van der Waals surface area contributed by atoms with Crippen molar-refractivity contribution < 1.29 is 24.2 Å². The third-order valence-electron chi connectivity index (χ3n) is 7.36. The highest BCUT2D eigenvalue weighted by Crippen LogP contribution is 2.46. The number of hydrogen-bond acceptors (Lipinski definition) is 4. The number of benzene rings is 4. The first-order valence-electron chi connectivity index (χ1n) is 13.1. The van der Waals surface area contributed by atoms with E-state index in [1.165, 1.54) is 9.80 Å². The number of nitrogens with zero attached hydrogens (tertiary/aromatic N) is 3. The number of rotatable bonds is 4. The Hall–Kier alpha value is -5.11. The zero-order valence-electron chi connectivity index (χ0n) is 21.6. The van der Waals surface area contributed by atoms with Gasteiger partial charge in [0.2, 0.25) is 5.91 Å². The first-order chi connectivity index (χ1) is 19.5. The molecule has 3 amide bonds. The van der Waals surface area contributed by atoms with E-state index in [0.717, 1.165) is 11.1 Å². The molecule has 0 saturated carbocycles. The quantitative estimate of drug-likeness (QED) is 0.375. The molecule has 1 fully saturated rings. The van der Waals surface area contributed by atoms with E-state index in [0.29, 0.717) is 22.9 Å². The summed E-state index contributed by atoms with van der Waals surface area (Å²) in [5, 5.41) is 10.2. The number of anilines is 2. The number of para-hydroxylation sites is 4. The van der Waals surface area contributed by atoms with Crippen molar-refractivity contribution in [1.82, 2.24) is 9.80 Å². The van der Waals surface area contributed by atoms with E-state index < -0.39 is 17.9 Å². The smallest absolute Gasteiger partial charge is 0.329 e. The van der Waals surface area contributed by atoms with Crippen LogP contribution in [0.25, 0.3) is 0 Å². The molecule has 0 aliphatic carbocycles. The van der Waals surface area contributed by atoms with Gasteiger partial charge in [-0.3, -0.25) is 9.69 Å². The van der Waals surface area contributed by atoms with Crippen LogP contribution in [0.5, 0.6) is 11.5 Å². The third kappa shape index (κ3) is 4.53. The topological polar surface area (TPSA) is 90.4 Å². The zero-order chi connectivity index (χ0) is 27.6. The number of carboxylic acid groups (broad SMARTS) is 1. The molecule has 0 radical (unpaired) electrons. The van der Waals surface area contributed by atoms with Crippen LogP contribution in [0, 0.1) is 0 Å². The molecule has 1 saturated heterocycles. The fourth-order valence-corrected chi connectivity index (χ4v) is 5.42. The minimum Gasteiger partial charge on any atom is -0.480 e. The van der Waals surface area contributed by atoms with Crippen molar-refractivity contribution in [2.45, 2.75) is 12.0 Å². The summed E-state index contributed by atoms with van der Waals surface area (Å²) in [7, 11) is 0. The van der Waals surface area contributed by atoms with Crippen molar-refractivity contribution in [3.63, 3.8) is 0 Å². The van der Waals surface area contributed by atoms with Gasteiger partial charge in [0.1, 0.15) is 6.04 Å². The van der Waals surface area contributed by atoms with Crippen molar-refractivity contribution in [3.8, 4) is 11.5 Å². The Balaban J connectivity index is 1.30. The van der Waals surface area contributed by atoms with Crippen LogP contribution in [-0.2, 0) is 9.59 Å². The van der Waals surface area contributed by atoms with Crippen molar-refractivity contribution >= 4 is 29.3 Å². The van der Waals surface area contributed by atoms with Gasteiger partial charge >= 0.3 is 12.0 Å². The lowest BCUT2D eigenvalue weighted by molar-refractivity contribution is -0.153. The fraction of sp³-hybridized carbons (Fsp3) is 0.156. The third-order valence-corrected chi connectivity index (χ3v) is 7.36. The molecule has 8 nitrogen and oxygen atoms in total. The summed E-state index contributed by atoms with van der Waals surface area (Å²) in [5.74, 6) is -1.06. The summed E-state index contributed by atoms with van der Waals surface area (Å²) >= 11 is 0. The number of carbonyl (C=O) groups excluding carboxylic acids is 2. The Morgan fingerprint density at radius 2 is 1.20 bits per heavy atom. The molecule has 2 aliphatic heterocycles. The van der Waals surface area contributed by atoms with Gasteiger partial charge in [0.15, 0.2) is 11.5 Å². The molecule has 200 valence electrons. The van der Waals surface area contributed by atoms with Crippen LogP contribution in [0.3, 0.4) is 0 Å². The molecule has 0 unspecified atom stereocenters. The maximum Gasteiger partial charge on any atom is 0.329 e. The van der Waals surface area contributed by atoms with Gasteiger partial charge in [0.25, 0.3) is 0 Å². The Labute approximate surface area is 231 Å². The number of piperazine rings is 1. The summed E-state index contributed by atoms with van der Waals surface area (Å²) in [5.41, 5.74) is 2.71. The number of carboxylic acids is 1. The molecule has 0 spiro atoms. The lowest BCUT2D eigenvalue weighted by atomic mass is 9.89. The molecule has 8 heteroatoms. The normalized spacial score (nSPS) is 16.1. The standard InChI is InChI=1S/C32H27N3O5/c36-30(29(22-11-3-1-4-12-22)23-13-5-2-6-14-23)34-20-19-33(21-26(34)31(37)38)32(39)35-24-15-7-9-17-27(24)40-28-18-10-8-16-25(28)35/h1-18,26,29H,19-21H2,(H,37,38)/t26-/m0/s1. The van der Waals surface area contributed by atoms with Crippen LogP contribution < -0.4 is 9.64 Å². The highest BCUT2D eigenvalue weighted by Gasteiger charge is 2.42. The molecular weight excluding hydrogens is 506 g/mol. The van der Waals surface area contributed by atoms with Crippen molar-refractivity contribution in [2.75, 3.05) is 24.5 Å². The highest BCUT2D eigenvalue weighted by atomic mass is 16.5. The molecule has 0 bridgehead atoms. The second-order valence-corrected chi connectivity index (χ2v) is 9.74. The van der Waals surface area contributed by atoms with Gasteiger partial charge in [-0.05, 0) is 35.4 Å². The number of aliphatic carboxylic acids is 1. The average molecular weight is 534 g/mol. The molecule has 1 atom stereocenters. The van der Waals surface area contributed by atoms with Crippen LogP contribution in [0.1, 0.15) is 17.0 Å². The Morgan fingerprint density at radius 3 is 1.73 bits per heavy atom. The molecule has 2 aliphatic rings. The van der Waals surface area contributed by atoms with E-state index >= 15 is 0 Å². The van der Waals surface area contributed by atoms with Gasteiger partial charge in [0, 0.05) is 13.1 Å². The maximum atomic E-state index is 14.1. The van der Waals surface area contributed by atoms with Gasteiger partial charge in [-0.2, -0.15) is 0 Å². The number of ether oxygens (including phenoxy) is 1. The van der Waals surface area contributed by atoms with Crippen molar-refractivity contribution in [3.05, 3.63) is 120 Å². The largest absolute Gasteiger partial charge is 0.480 e. The molecule has 4 aromatic carbocycles. The predicted molar refractivity (Wildman–Crippen MR) is 150 cm³/mol. The van der Waals surface area contributed by atoms with Crippen LogP contribution >= 0.6 is 0 Å². The summed E-state index contributed by atoms with van der Waals surface area (Å²) < 4.78 is 6.00. The van der Waals surface area contributed by atoms with E-state index in [4.69, 9.17) is 4.74 Å². The maximum absolute atomic E-state index is 14.1. The number of fused-ring (bicyclic) bond motifs is 2. The average Bonchev–Trinajstić information content (AvgIpc) is 3.00. The van der Waals surface area contributed by atoms with Gasteiger partial charge in [-0.25, -0.2) is 9.59 Å². The molecule has 0 aromatic heterocycles. The first-order valence-corrected chi connectivity index (χ1v) is 13.1. The first kappa shape index (κ1) is 25.2. The highest BCUT2D eigenvalue weighted by molar-refractivity contribution is 6.04. The second kappa shape index (κ2) is 10.6. The number of amides is 3. The number of carbonyl (C=O) groups is 3. The molecular formula is C32H27N3O5. The molecule has 40 heavy (non-hydrogen) atoms. The number of hydrogen-bond donors (Lipinski definition) is 1. The lowest BCUT2D eigenvalue weighted by Crippen LogP contribution is -2.61. The Bertz CT molecular complexity index is 1470. The summed E-state index contributed by atoms with van der Waals surface area (Å²) in [6, 6.07) is 31.6. The van der Waals surface area contributed by atoms with Crippen LogP contribution in [0.4, 0.5) is 16.2 Å². The van der Waals surface area contributed by atoms with Crippen LogP contribution in [-0.4, -0.2) is 58.5 Å². The molecule has 4 aromatic rings. The van der Waals surface area contributed by atoms with Crippen molar-refractivity contribution in [2.24, 2.45) is 0 Å². The summed E-state index contributed by atoms with van der Waals surface area (Å²) in [6.45, 7) is 0.135. The Morgan fingerprint density at radius 1 is 0.700 bits per heavy atom. The summed E-state index contributed by atoms with van der Waals surface area (Å²) in [6.07, 6.45) is 0. The SMILES string of the molecule is O=C(O)[C@@H]1CN(C(=O)N2c3ccccc3Oc3ccccc32)CCN1C(=O)C(c1ccccc1)c1ccccc1. The second-order valence-electron chi connectivity index (χ2n) is 9.74. The lowest BCUT2D eigenvalue weighted by Gasteiger charge is -2.43. The Kier molecular flexibility index (Phi) is 6.66. The predicted octanol–water partition coefficient (Wildman–Crippen LogP) is 5.48. The minimum absolute atomic E-state index is 0.0886. The van der Waals surface area contributed by atoms with Gasteiger partial charge in [-0.15, -0.1) is 0 Å². The molecule has 6 rings (SSSR count). The van der Waals surface area contributed by atoms with Gasteiger partial charge in [-0.1, -0.05) is 84.9 Å². The van der Waals surface area contributed by atoms with Gasteiger partial charge in [0.05, 0.1) is 23.8 Å². The molecule has 1 N–H and O–H groups in total. The monoisotopic (exact) mass is 533 g/mol.